The van der Waals surface area contributed by atoms with Gasteiger partial charge in [-0.05, 0) is 62.6 Å². The number of benzene rings is 2. The molecule has 0 bridgehead atoms. The van der Waals surface area contributed by atoms with E-state index < -0.39 is 6.09 Å². The molecule has 0 saturated heterocycles. The number of rotatable bonds is 7. The first-order chi connectivity index (χ1) is 15.8. The van der Waals surface area contributed by atoms with E-state index in [2.05, 4.69) is 5.32 Å². The number of carbonyl (C=O) groups is 2. The van der Waals surface area contributed by atoms with Crippen LogP contribution in [0, 0.1) is 6.92 Å². The number of aryl methyl sites for hydroxylation is 1. The fourth-order valence-electron chi connectivity index (χ4n) is 4.30. The Morgan fingerprint density at radius 2 is 1.70 bits per heavy atom. The Bertz CT molecular complexity index is 1020. The summed E-state index contributed by atoms with van der Waals surface area (Å²) in [5.41, 5.74) is 3.05. The Morgan fingerprint density at radius 3 is 2.30 bits per heavy atom. The second kappa shape index (κ2) is 10.5. The molecule has 2 atom stereocenters. The van der Waals surface area contributed by atoms with Crippen molar-refractivity contribution in [2.45, 2.75) is 39.2 Å². The first kappa shape index (κ1) is 24.2. The number of anilines is 1. The number of methoxy groups -OCH3 is 3. The smallest absolute Gasteiger partial charge is 0.414 e. The second-order valence-corrected chi connectivity index (χ2v) is 8.01. The van der Waals surface area contributed by atoms with E-state index in [4.69, 9.17) is 18.9 Å². The maximum absolute atomic E-state index is 12.8. The molecular formula is C25H32N2O6. The standard InChI is InChI=1S/C25H32N2O6/c1-7-33-25(29)27-16(3)11-18(19-12-22(31-5)23(32-6)13-20(19)27)14-26-24(28)17-8-9-21(30-4)15(2)10-17/h8-10,12-13,16,18H,7,11,14H2,1-6H3,(H,26,28). The first-order valence-corrected chi connectivity index (χ1v) is 11.0. The van der Waals surface area contributed by atoms with E-state index in [1.165, 1.54) is 0 Å². The number of hydrogen-bond donors (Lipinski definition) is 1. The van der Waals surface area contributed by atoms with Crippen LogP contribution in [0.1, 0.15) is 47.7 Å². The Balaban J connectivity index is 1.89. The van der Waals surface area contributed by atoms with E-state index in [0.717, 1.165) is 16.9 Å². The molecule has 1 aliphatic rings. The SMILES string of the molecule is CCOC(=O)N1c2cc(OC)c(OC)cc2C(CNC(=O)c2ccc(OC)c(C)c2)CC1C. The molecule has 0 aromatic heterocycles. The minimum atomic E-state index is -0.408. The molecule has 0 radical (unpaired) electrons. The van der Waals surface area contributed by atoms with Crippen LogP contribution in [0.3, 0.4) is 0 Å². The lowest BCUT2D eigenvalue weighted by atomic mass is 9.85. The highest BCUT2D eigenvalue weighted by molar-refractivity contribution is 5.95. The Morgan fingerprint density at radius 1 is 1.03 bits per heavy atom. The molecule has 1 heterocycles. The van der Waals surface area contributed by atoms with Crippen LogP contribution in [0.4, 0.5) is 10.5 Å². The van der Waals surface area contributed by atoms with E-state index in [9.17, 15) is 9.59 Å². The predicted octanol–water partition coefficient (Wildman–Crippen LogP) is 4.29. The van der Waals surface area contributed by atoms with Crippen molar-refractivity contribution < 1.29 is 28.5 Å². The number of amides is 2. The molecule has 3 rings (SSSR count). The van der Waals surface area contributed by atoms with Gasteiger partial charge in [0.2, 0.25) is 0 Å². The predicted molar refractivity (Wildman–Crippen MR) is 126 cm³/mol. The van der Waals surface area contributed by atoms with Crippen molar-refractivity contribution in [3.63, 3.8) is 0 Å². The highest BCUT2D eigenvalue weighted by atomic mass is 16.6. The van der Waals surface area contributed by atoms with Gasteiger partial charge in [0.1, 0.15) is 5.75 Å². The van der Waals surface area contributed by atoms with Crippen molar-refractivity contribution in [2.75, 3.05) is 39.4 Å². The van der Waals surface area contributed by atoms with E-state index >= 15 is 0 Å². The number of nitrogens with zero attached hydrogens (tertiary/aromatic N) is 1. The maximum atomic E-state index is 12.8. The monoisotopic (exact) mass is 456 g/mol. The van der Waals surface area contributed by atoms with Gasteiger partial charge < -0.3 is 24.3 Å². The van der Waals surface area contributed by atoms with Crippen LogP contribution >= 0.6 is 0 Å². The quantitative estimate of drug-likeness (QED) is 0.669. The zero-order chi connectivity index (χ0) is 24.1. The minimum absolute atomic E-state index is 0.0243. The van der Waals surface area contributed by atoms with Crippen molar-refractivity contribution in [2.24, 2.45) is 0 Å². The number of hydrogen-bond acceptors (Lipinski definition) is 6. The van der Waals surface area contributed by atoms with Crippen LogP contribution in [-0.2, 0) is 4.74 Å². The molecule has 1 N–H and O–H groups in total. The lowest BCUT2D eigenvalue weighted by Gasteiger charge is -2.39. The normalized spacial score (nSPS) is 17.1. The molecule has 0 fully saturated rings. The van der Waals surface area contributed by atoms with E-state index in [1.54, 1.807) is 51.4 Å². The van der Waals surface area contributed by atoms with Crippen LogP contribution < -0.4 is 24.4 Å². The summed E-state index contributed by atoms with van der Waals surface area (Å²) in [7, 11) is 4.73. The van der Waals surface area contributed by atoms with Crippen LogP contribution in [-0.4, -0.2) is 52.5 Å². The van der Waals surface area contributed by atoms with E-state index in [0.29, 0.717) is 35.7 Å². The van der Waals surface area contributed by atoms with Crippen molar-refractivity contribution in [3.8, 4) is 17.2 Å². The largest absolute Gasteiger partial charge is 0.496 e. The van der Waals surface area contributed by atoms with Crippen LogP contribution in [0.15, 0.2) is 30.3 Å². The highest BCUT2D eigenvalue weighted by Crippen LogP contribution is 2.44. The summed E-state index contributed by atoms with van der Waals surface area (Å²) in [6, 6.07) is 8.89. The summed E-state index contributed by atoms with van der Waals surface area (Å²) < 4.78 is 21.5. The van der Waals surface area contributed by atoms with Gasteiger partial charge >= 0.3 is 6.09 Å². The molecule has 2 aromatic rings. The van der Waals surface area contributed by atoms with Crippen molar-refractivity contribution in [3.05, 3.63) is 47.0 Å². The fourth-order valence-corrected chi connectivity index (χ4v) is 4.30. The zero-order valence-electron chi connectivity index (χ0n) is 20.1. The van der Waals surface area contributed by atoms with Crippen LogP contribution in [0.25, 0.3) is 0 Å². The molecule has 33 heavy (non-hydrogen) atoms. The summed E-state index contributed by atoms with van der Waals surface area (Å²) in [5.74, 6) is 1.64. The first-order valence-electron chi connectivity index (χ1n) is 11.0. The Hall–Kier alpha value is -3.42. The number of nitrogens with one attached hydrogen (secondary N) is 1. The summed E-state index contributed by atoms with van der Waals surface area (Å²) in [6.45, 7) is 6.34. The van der Waals surface area contributed by atoms with Gasteiger partial charge in [0.25, 0.3) is 5.91 Å². The molecule has 178 valence electrons. The van der Waals surface area contributed by atoms with E-state index in [-0.39, 0.29) is 24.5 Å². The van der Waals surface area contributed by atoms with Gasteiger partial charge in [-0.1, -0.05) is 0 Å². The molecule has 8 heteroatoms. The molecule has 2 amide bonds. The average Bonchev–Trinajstić information content (AvgIpc) is 2.81. The van der Waals surface area contributed by atoms with Crippen molar-refractivity contribution in [1.82, 2.24) is 5.32 Å². The topological polar surface area (TPSA) is 86.3 Å². The molecule has 1 aliphatic heterocycles. The van der Waals surface area contributed by atoms with Gasteiger partial charge in [-0.25, -0.2) is 4.79 Å². The van der Waals surface area contributed by atoms with Crippen LogP contribution in [0.5, 0.6) is 17.2 Å². The van der Waals surface area contributed by atoms with Gasteiger partial charge in [-0.3, -0.25) is 9.69 Å². The maximum Gasteiger partial charge on any atom is 0.414 e. The second-order valence-electron chi connectivity index (χ2n) is 8.01. The third kappa shape index (κ3) is 4.99. The van der Waals surface area contributed by atoms with Gasteiger partial charge in [-0.2, -0.15) is 0 Å². The van der Waals surface area contributed by atoms with Crippen molar-refractivity contribution in [1.29, 1.82) is 0 Å². The third-order valence-electron chi connectivity index (χ3n) is 5.93. The third-order valence-corrected chi connectivity index (χ3v) is 5.93. The zero-order valence-corrected chi connectivity index (χ0v) is 20.1. The lowest BCUT2D eigenvalue weighted by molar-refractivity contribution is 0.0949. The molecular weight excluding hydrogens is 424 g/mol. The van der Waals surface area contributed by atoms with Gasteiger partial charge in [-0.15, -0.1) is 0 Å². The number of ether oxygens (including phenoxy) is 4. The van der Waals surface area contributed by atoms with E-state index in [1.807, 2.05) is 26.0 Å². The highest BCUT2D eigenvalue weighted by Gasteiger charge is 2.36. The summed E-state index contributed by atoms with van der Waals surface area (Å²) >= 11 is 0. The minimum Gasteiger partial charge on any atom is -0.496 e. The van der Waals surface area contributed by atoms with Gasteiger partial charge in [0, 0.05) is 30.1 Å². The Labute approximate surface area is 194 Å². The number of fused-ring (bicyclic) bond motifs is 1. The fraction of sp³-hybridized carbons (Fsp3) is 0.440. The number of carbonyl (C=O) groups excluding carboxylic acids is 2. The summed E-state index contributed by atoms with van der Waals surface area (Å²) in [4.78, 5) is 27.2. The van der Waals surface area contributed by atoms with Gasteiger partial charge in [0.15, 0.2) is 11.5 Å². The Kier molecular flexibility index (Phi) is 7.68. The molecule has 8 nitrogen and oxygen atoms in total. The molecule has 0 spiro atoms. The van der Waals surface area contributed by atoms with Crippen molar-refractivity contribution >= 4 is 17.7 Å². The molecule has 0 saturated carbocycles. The van der Waals surface area contributed by atoms with Gasteiger partial charge in [0.05, 0.1) is 33.6 Å². The molecule has 2 unspecified atom stereocenters. The lowest BCUT2D eigenvalue weighted by Crippen LogP contribution is -2.45. The van der Waals surface area contributed by atoms with Crippen LogP contribution in [0.2, 0.25) is 0 Å². The molecule has 2 aromatic carbocycles. The summed E-state index contributed by atoms with van der Waals surface area (Å²) in [5, 5.41) is 3.04. The summed E-state index contributed by atoms with van der Waals surface area (Å²) in [6.07, 6.45) is 0.248. The molecule has 0 aliphatic carbocycles. The average molecular weight is 457 g/mol.